The van der Waals surface area contributed by atoms with Crippen LogP contribution in [0, 0.1) is 5.82 Å². The summed E-state index contributed by atoms with van der Waals surface area (Å²) in [5.41, 5.74) is -5.09. The second kappa shape index (κ2) is 7.06. The molecule has 0 aliphatic rings. The zero-order valence-electron chi connectivity index (χ0n) is 12.3. The Morgan fingerprint density at radius 1 is 0.960 bits per heavy atom. The SMILES string of the molecule is O=Cc1cc(/C=C/c2cccc(F)c2)ccc1OS(=O)(=O)C(F)(F)F. The third kappa shape index (κ3) is 4.66. The Bertz CT molecular complexity index is 918. The van der Waals surface area contributed by atoms with Crippen LogP contribution < -0.4 is 4.18 Å². The molecule has 0 bridgehead atoms. The molecule has 0 aliphatic carbocycles. The van der Waals surface area contributed by atoms with Gasteiger partial charge in [0.1, 0.15) is 5.82 Å². The van der Waals surface area contributed by atoms with Crippen molar-refractivity contribution in [1.82, 2.24) is 0 Å². The molecule has 9 heteroatoms. The fourth-order valence-electron chi connectivity index (χ4n) is 1.81. The Labute approximate surface area is 140 Å². The predicted molar refractivity (Wildman–Crippen MR) is 82.8 cm³/mol. The topological polar surface area (TPSA) is 60.4 Å². The molecule has 4 nitrogen and oxygen atoms in total. The van der Waals surface area contributed by atoms with Gasteiger partial charge in [-0.05, 0) is 35.4 Å². The number of aldehydes is 1. The number of alkyl halides is 3. The molecule has 2 aromatic carbocycles. The molecule has 0 aromatic heterocycles. The molecule has 0 spiro atoms. The van der Waals surface area contributed by atoms with E-state index in [0.717, 1.165) is 12.1 Å². The largest absolute Gasteiger partial charge is 0.534 e. The van der Waals surface area contributed by atoms with E-state index in [4.69, 9.17) is 0 Å². The van der Waals surface area contributed by atoms with Crippen LogP contribution in [0.4, 0.5) is 17.6 Å². The van der Waals surface area contributed by atoms with Gasteiger partial charge in [0.25, 0.3) is 0 Å². The van der Waals surface area contributed by atoms with Crippen LogP contribution in [0.5, 0.6) is 5.75 Å². The molecule has 0 amide bonds. The maximum absolute atomic E-state index is 13.1. The Kier molecular flexibility index (Phi) is 5.27. The Hall–Kier alpha value is -2.68. The summed E-state index contributed by atoms with van der Waals surface area (Å²) in [5, 5.41) is 0. The van der Waals surface area contributed by atoms with Gasteiger partial charge in [-0.25, -0.2) is 4.39 Å². The summed E-state index contributed by atoms with van der Waals surface area (Å²) in [6.45, 7) is 0. The van der Waals surface area contributed by atoms with Crippen molar-refractivity contribution in [3.63, 3.8) is 0 Å². The number of carbonyl (C=O) groups is 1. The van der Waals surface area contributed by atoms with Crippen LogP contribution in [0.3, 0.4) is 0 Å². The standard InChI is InChI=1S/C16H10F4O4S/c17-14-3-1-2-11(9-14)4-5-12-6-7-15(13(8-12)10-21)24-25(22,23)16(18,19)20/h1-10H/b5-4+. The minimum Gasteiger partial charge on any atom is -0.375 e. The van der Waals surface area contributed by atoms with Crippen molar-refractivity contribution in [3.05, 3.63) is 65.0 Å². The fourth-order valence-corrected chi connectivity index (χ4v) is 2.29. The van der Waals surface area contributed by atoms with Crippen molar-refractivity contribution in [3.8, 4) is 5.75 Å². The van der Waals surface area contributed by atoms with Gasteiger partial charge >= 0.3 is 15.6 Å². The van der Waals surface area contributed by atoms with E-state index in [2.05, 4.69) is 4.18 Å². The Balaban J connectivity index is 2.29. The number of benzene rings is 2. The monoisotopic (exact) mass is 374 g/mol. The first-order valence-corrected chi connectivity index (χ1v) is 8.07. The highest BCUT2D eigenvalue weighted by Crippen LogP contribution is 2.29. The number of hydrogen-bond acceptors (Lipinski definition) is 4. The van der Waals surface area contributed by atoms with Crippen molar-refractivity contribution >= 4 is 28.6 Å². The van der Waals surface area contributed by atoms with Gasteiger partial charge in [0.15, 0.2) is 12.0 Å². The lowest BCUT2D eigenvalue weighted by Crippen LogP contribution is -2.28. The zero-order chi connectivity index (χ0) is 18.7. The summed E-state index contributed by atoms with van der Waals surface area (Å²) in [7, 11) is -5.87. The van der Waals surface area contributed by atoms with Crippen LogP contribution >= 0.6 is 0 Å². The maximum Gasteiger partial charge on any atom is 0.534 e. The van der Waals surface area contributed by atoms with Crippen LogP contribution in [-0.4, -0.2) is 20.2 Å². The first kappa shape index (κ1) is 18.7. The van der Waals surface area contributed by atoms with E-state index in [1.807, 2.05) is 0 Å². The summed E-state index contributed by atoms with van der Waals surface area (Å²) in [6.07, 6.45) is 3.16. The second-order valence-corrected chi connectivity index (χ2v) is 6.32. The summed E-state index contributed by atoms with van der Waals surface area (Å²) in [5.74, 6) is -1.19. The normalized spacial score (nSPS) is 12.3. The average Bonchev–Trinajstić information content (AvgIpc) is 2.52. The van der Waals surface area contributed by atoms with Crippen molar-refractivity contribution < 1.29 is 35.0 Å². The Morgan fingerprint density at radius 3 is 2.16 bits per heavy atom. The van der Waals surface area contributed by atoms with Gasteiger partial charge in [0.05, 0.1) is 5.56 Å². The van der Waals surface area contributed by atoms with E-state index in [1.54, 1.807) is 6.07 Å². The van der Waals surface area contributed by atoms with E-state index >= 15 is 0 Å². The molecule has 0 atom stereocenters. The molecular weight excluding hydrogens is 364 g/mol. The van der Waals surface area contributed by atoms with Crippen LogP contribution in [0.15, 0.2) is 42.5 Å². The van der Waals surface area contributed by atoms with Crippen LogP contribution in [-0.2, 0) is 10.1 Å². The van der Waals surface area contributed by atoms with E-state index in [9.17, 15) is 30.8 Å². The highest BCUT2D eigenvalue weighted by atomic mass is 32.2. The maximum atomic E-state index is 13.1. The highest BCUT2D eigenvalue weighted by Gasteiger charge is 2.48. The molecule has 0 N–H and O–H groups in total. The molecule has 2 aromatic rings. The van der Waals surface area contributed by atoms with Crippen molar-refractivity contribution in [2.45, 2.75) is 5.51 Å². The van der Waals surface area contributed by atoms with E-state index in [0.29, 0.717) is 11.1 Å². The van der Waals surface area contributed by atoms with E-state index in [-0.39, 0.29) is 11.8 Å². The van der Waals surface area contributed by atoms with Gasteiger partial charge in [-0.1, -0.05) is 30.4 Å². The minimum atomic E-state index is -5.87. The van der Waals surface area contributed by atoms with Crippen molar-refractivity contribution in [2.75, 3.05) is 0 Å². The minimum absolute atomic E-state index is 0.167. The molecule has 0 fully saturated rings. The summed E-state index contributed by atoms with van der Waals surface area (Å²) in [6, 6.07) is 8.95. The van der Waals surface area contributed by atoms with E-state index in [1.165, 1.54) is 36.4 Å². The van der Waals surface area contributed by atoms with Gasteiger partial charge in [0.2, 0.25) is 0 Å². The van der Waals surface area contributed by atoms with Gasteiger partial charge in [-0.15, -0.1) is 0 Å². The lowest BCUT2D eigenvalue weighted by Gasteiger charge is -2.11. The summed E-state index contributed by atoms with van der Waals surface area (Å²) in [4.78, 5) is 11.0. The average molecular weight is 374 g/mol. The molecular formula is C16H10F4O4S. The summed E-state index contributed by atoms with van der Waals surface area (Å²) >= 11 is 0. The molecule has 0 radical (unpaired) electrons. The molecule has 0 saturated heterocycles. The van der Waals surface area contributed by atoms with Crippen molar-refractivity contribution in [1.29, 1.82) is 0 Å². The van der Waals surface area contributed by atoms with Gasteiger partial charge in [-0.2, -0.15) is 21.6 Å². The molecule has 0 aliphatic heterocycles. The molecule has 0 saturated carbocycles. The number of hydrogen-bond donors (Lipinski definition) is 0. The predicted octanol–water partition coefficient (Wildman–Crippen LogP) is 4.04. The van der Waals surface area contributed by atoms with Gasteiger partial charge in [0, 0.05) is 0 Å². The van der Waals surface area contributed by atoms with Crippen molar-refractivity contribution in [2.24, 2.45) is 0 Å². The first-order chi connectivity index (χ1) is 11.6. The molecule has 0 unspecified atom stereocenters. The van der Waals surface area contributed by atoms with Gasteiger partial charge < -0.3 is 4.18 Å². The number of rotatable bonds is 5. The van der Waals surface area contributed by atoms with Crippen LogP contribution in [0.1, 0.15) is 21.5 Å². The molecule has 0 heterocycles. The van der Waals surface area contributed by atoms with Crippen LogP contribution in [0.25, 0.3) is 12.2 Å². The quantitative estimate of drug-likeness (QED) is 0.261. The van der Waals surface area contributed by atoms with E-state index < -0.39 is 27.2 Å². The third-order valence-electron chi connectivity index (χ3n) is 2.96. The summed E-state index contributed by atoms with van der Waals surface area (Å²) < 4.78 is 76.0. The molecule has 132 valence electrons. The fraction of sp³-hybridized carbons (Fsp3) is 0.0625. The van der Waals surface area contributed by atoms with Crippen LogP contribution in [0.2, 0.25) is 0 Å². The third-order valence-corrected chi connectivity index (χ3v) is 3.93. The zero-order valence-corrected chi connectivity index (χ0v) is 13.1. The second-order valence-electron chi connectivity index (χ2n) is 4.79. The Morgan fingerprint density at radius 2 is 1.60 bits per heavy atom. The lowest BCUT2D eigenvalue weighted by molar-refractivity contribution is -0.0500. The highest BCUT2D eigenvalue weighted by molar-refractivity contribution is 7.88. The number of carbonyl (C=O) groups excluding carboxylic acids is 1. The molecule has 2 rings (SSSR count). The van der Waals surface area contributed by atoms with Gasteiger partial charge in [-0.3, -0.25) is 4.79 Å². The number of halogens is 4. The molecule has 25 heavy (non-hydrogen) atoms. The smallest absolute Gasteiger partial charge is 0.375 e. The first-order valence-electron chi connectivity index (χ1n) is 6.66. The lowest BCUT2D eigenvalue weighted by atomic mass is 10.1.